The van der Waals surface area contributed by atoms with E-state index in [1.165, 1.54) is 21.3 Å². The van der Waals surface area contributed by atoms with Crippen molar-refractivity contribution in [3.8, 4) is 33.7 Å². The molecule has 192 valence electrons. The first-order chi connectivity index (χ1) is 17.6. The van der Waals surface area contributed by atoms with Gasteiger partial charge in [0.2, 0.25) is 0 Å². The van der Waals surface area contributed by atoms with Gasteiger partial charge in [0.25, 0.3) is 0 Å². The number of aromatic hydroxyl groups is 1. The molecule has 2 aromatic heterocycles. The fraction of sp³-hybridized carbons (Fsp3) is 0.286. The summed E-state index contributed by atoms with van der Waals surface area (Å²) in [6, 6.07) is 9.39. The Morgan fingerprint density at radius 2 is 1.84 bits per heavy atom. The number of pyridine rings is 1. The fourth-order valence-corrected chi connectivity index (χ4v) is 5.15. The molecular weight excluding hydrogens is 495 g/mol. The number of rotatable bonds is 5. The van der Waals surface area contributed by atoms with Gasteiger partial charge in [-0.05, 0) is 55.7 Å². The number of aliphatic hydroxyl groups is 1. The molecule has 0 aliphatic carbocycles. The van der Waals surface area contributed by atoms with Crippen LogP contribution in [0.1, 0.15) is 26.0 Å². The number of phenols is 1. The number of β-amino-alcohol motifs (C(OH)–C–C–N with tert-alkyl or cyclic N) is 1. The molecule has 2 N–H and O–H groups in total. The fourth-order valence-electron chi connectivity index (χ4n) is 4.88. The zero-order valence-electron chi connectivity index (χ0n) is 20.9. The summed E-state index contributed by atoms with van der Waals surface area (Å²) in [5.74, 6) is -0.625. The Labute approximate surface area is 219 Å². The van der Waals surface area contributed by atoms with Crippen LogP contribution in [0.4, 0.5) is 10.1 Å². The minimum Gasteiger partial charge on any atom is -0.507 e. The quantitative estimate of drug-likeness (QED) is 0.388. The number of aromatic nitrogens is 3. The largest absolute Gasteiger partial charge is 0.507 e. The number of halogens is 2. The molecule has 4 aromatic rings. The van der Waals surface area contributed by atoms with Crippen LogP contribution < -0.4 is 10.6 Å². The van der Waals surface area contributed by atoms with Crippen LogP contribution in [-0.2, 0) is 13.5 Å². The molecule has 0 unspecified atom stereocenters. The number of phenolic OH excluding ortho intramolecular Hbond substituents is 1. The van der Waals surface area contributed by atoms with Crippen molar-refractivity contribution in [3.63, 3.8) is 0 Å². The van der Waals surface area contributed by atoms with Crippen LogP contribution in [0.2, 0.25) is 5.02 Å². The van der Waals surface area contributed by atoms with Crippen LogP contribution in [0, 0.1) is 5.82 Å². The molecule has 9 heteroatoms. The molecule has 2 aromatic carbocycles. The molecule has 7 nitrogen and oxygen atoms in total. The van der Waals surface area contributed by atoms with E-state index >= 15 is 0 Å². The van der Waals surface area contributed by atoms with Crippen molar-refractivity contribution in [1.29, 1.82) is 0 Å². The highest BCUT2D eigenvalue weighted by Gasteiger charge is 2.32. The Balaban J connectivity index is 1.57. The average Bonchev–Trinajstić information content (AvgIpc) is 3.40. The summed E-state index contributed by atoms with van der Waals surface area (Å²) in [5, 5.41) is 22.0. The lowest BCUT2D eigenvalue weighted by Gasteiger charge is -2.23. The molecule has 3 heterocycles. The number of hydrogen-bond acceptors (Lipinski definition) is 5. The number of benzene rings is 2. The zero-order chi connectivity index (χ0) is 26.5. The highest BCUT2D eigenvalue weighted by Crippen LogP contribution is 2.41. The van der Waals surface area contributed by atoms with Gasteiger partial charge < -0.3 is 19.7 Å². The third-order valence-corrected chi connectivity index (χ3v) is 7.23. The third-order valence-electron chi connectivity index (χ3n) is 6.93. The Morgan fingerprint density at radius 3 is 2.43 bits per heavy atom. The van der Waals surface area contributed by atoms with Crippen molar-refractivity contribution < 1.29 is 14.6 Å². The summed E-state index contributed by atoms with van der Waals surface area (Å²) in [5.41, 5.74) is 2.83. The van der Waals surface area contributed by atoms with Gasteiger partial charge in [-0.3, -0.25) is 9.55 Å². The topological polar surface area (TPSA) is 83.5 Å². The maximum Gasteiger partial charge on any atom is 0.332 e. The molecule has 0 bridgehead atoms. The summed E-state index contributed by atoms with van der Waals surface area (Å²) in [6.07, 6.45) is 6.22. The van der Waals surface area contributed by atoms with E-state index in [0.29, 0.717) is 48.3 Å². The van der Waals surface area contributed by atoms with Crippen LogP contribution >= 0.6 is 11.6 Å². The van der Waals surface area contributed by atoms with Crippen molar-refractivity contribution in [2.45, 2.75) is 32.3 Å². The smallest absolute Gasteiger partial charge is 0.332 e. The average molecular weight is 523 g/mol. The molecule has 1 atom stereocenters. The molecular formula is C28H28ClFN4O3. The van der Waals surface area contributed by atoms with E-state index in [-0.39, 0.29) is 22.0 Å². The minimum atomic E-state index is -0.786. The van der Waals surface area contributed by atoms with Gasteiger partial charge in [-0.25, -0.2) is 9.18 Å². The summed E-state index contributed by atoms with van der Waals surface area (Å²) in [6.45, 7) is 4.97. The lowest BCUT2D eigenvalue weighted by atomic mass is 9.97. The van der Waals surface area contributed by atoms with Crippen molar-refractivity contribution in [2.24, 2.45) is 7.05 Å². The number of hydrogen-bond donors (Lipinski definition) is 2. The van der Waals surface area contributed by atoms with Gasteiger partial charge >= 0.3 is 5.69 Å². The van der Waals surface area contributed by atoms with Crippen molar-refractivity contribution >= 4 is 17.3 Å². The minimum absolute atomic E-state index is 0.104. The standard InChI is InChI=1S/C28H28ClFN4O3/c1-4-23-25(33-8-7-28(2,37)16-33)12-18(15-31-23)21-14-19(30)13-20(26(21)35)17-5-6-24(22(29)11-17)34-10-9-32(3)27(34)36/h5-6,9-15,35,37H,4,7-8,16H2,1-3H3/t28-/m1/s1. The molecule has 0 saturated carbocycles. The highest BCUT2D eigenvalue weighted by atomic mass is 35.5. The Kier molecular flexibility index (Phi) is 6.33. The number of aryl methyl sites for hydroxylation is 2. The van der Waals surface area contributed by atoms with E-state index in [0.717, 1.165) is 11.4 Å². The van der Waals surface area contributed by atoms with Crippen LogP contribution in [0.15, 0.2) is 59.8 Å². The molecule has 1 saturated heterocycles. The zero-order valence-corrected chi connectivity index (χ0v) is 21.6. The molecule has 0 radical (unpaired) electrons. The summed E-state index contributed by atoms with van der Waals surface area (Å²) in [7, 11) is 1.65. The van der Waals surface area contributed by atoms with Gasteiger partial charge in [0.05, 0.1) is 27.7 Å². The van der Waals surface area contributed by atoms with Gasteiger partial charge in [0.15, 0.2) is 0 Å². The lowest BCUT2D eigenvalue weighted by Crippen LogP contribution is -2.30. The van der Waals surface area contributed by atoms with E-state index in [2.05, 4.69) is 9.88 Å². The Hall–Kier alpha value is -3.62. The van der Waals surface area contributed by atoms with Gasteiger partial charge in [-0.15, -0.1) is 0 Å². The molecule has 5 rings (SSSR count). The van der Waals surface area contributed by atoms with Crippen molar-refractivity contribution in [1.82, 2.24) is 14.1 Å². The van der Waals surface area contributed by atoms with Crippen LogP contribution in [0.5, 0.6) is 5.75 Å². The molecule has 0 amide bonds. The lowest BCUT2D eigenvalue weighted by molar-refractivity contribution is 0.0839. The van der Waals surface area contributed by atoms with Gasteiger partial charge in [-0.1, -0.05) is 24.6 Å². The van der Waals surface area contributed by atoms with E-state index in [1.807, 2.05) is 19.9 Å². The summed E-state index contributed by atoms with van der Waals surface area (Å²) >= 11 is 6.51. The third kappa shape index (κ3) is 4.63. The van der Waals surface area contributed by atoms with Gasteiger partial charge in [0, 0.05) is 55.4 Å². The molecule has 1 fully saturated rings. The highest BCUT2D eigenvalue weighted by molar-refractivity contribution is 6.32. The monoisotopic (exact) mass is 522 g/mol. The van der Waals surface area contributed by atoms with E-state index < -0.39 is 11.4 Å². The second kappa shape index (κ2) is 9.36. The molecule has 0 spiro atoms. The van der Waals surface area contributed by atoms with Crippen LogP contribution in [-0.4, -0.2) is 43.0 Å². The van der Waals surface area contributed by atoms with Crippen molar-refractivity contribution in [2.75, 3.05) is 18.0 Å². The molecule has 1 aliphatic heterocycles. The number of nitrogens with zero attached hydrogens (tertiary/aromatic N) is 4. The Bertz CT molecular complexity index is 1560. The second-order valence-electron chi connectivity index (χ2n) is 9.79. The summed E-state index contributed by atoms with van der Waals surface area (Å²) < 4.78 is 17.7. The number of imidazole rings is 1. The van der Waals surface area contributed by atoms with Gasteiger partial charge in [-0.2, -0.15) is 0 Å². The maximum absolute atomic E-state index is 14.9. The first-order valence-electron chi connectivity index (χ1n) is 12.1. The first kappa shape index (κ1) is 25.0. The normalized spacial score (nSPS) is 17.5. The molecule has 37 heavy (non-hydrogen) atoms. The van der Waals surface area contributed by atoms with Crippen LogP contribution in [0.3, 0.4) is 0 Å². The van der Waals surface area contributed by atoms with E-state index in [4.69, 9.17) is 11.6 Å². The predicted octanol–water partition coefficient (Wildman–Crippen LogP) is 4.93. The van der Waals surface area contributed by atoms with E-state index in [9.17, 15) is 19.4 Å². The number of anilines is 1. The van der Waals surface area contributed by atoms with Crippen molar-refractivity contribution in [3.05, 3.63) is 82.0 Å². The SMILES string of the molecule is CCc1ncc(-c2cc(F)cc(-c3ccc(-n4ccn(C)c4=O)c(Cl)c3)c2O)cc1N1CC[C@@](C)(O)C1. The predicted molar refractivity (Wildman–Crippen MR) is 143 cm³/mol. The first-order valence-corrected chi connectivity index (χ1v) is 12.5. The molecule has 1 aliphatic rings. The second-order valence-corrected chi connectivity index (χ2v) is 10.2. The maximum atomic E-state index is 14.9. The van der Waals surface area contributed by atoms with Gasteiger partial charge in [0.1, 0.15) is 11.6 Å². The summed E-state index contributed by atoms with van der Waals surface area (Å²) in [4.78, 5) is 19.0. The Morgan fingerprint density at radius 1 is 1.11 bits per heavy atom. The van der Waals surface area contributed by atoms with Crippen LogP contribution in [0.25, 0.3) is 27.9 Å². The van der Waals surface area contributed by atoms with E-state index in [1.54, 1.807) is 43.8 Å².